The number of imidazole rings is 1. The number of rotatable bonds is 4. The van der Waals surface area contributed by atoms with Crippen molar-refractivity contribution in [3.05, 3.63) is 48.3 Å². The molecule has 1 saturated heterocycles. The number of amides is 1. The number of β-amino-alcohol motifs (C(OH)–C–C–N with tert-alkyl or cyclic N) is 1. The van der Waals surface area contributed by atoms with Crippen molar-refractivity contribution in [3.8, 4) is 0 Å². The number of pyridine rings is 1. The van der Waals surface area contributed by atoms with E-state index in [1.54, 1.807) is 30.7 Å². The predicted molar refractivity (Wildman–Crippen MR) is 84.6 cm³/mol. The lowest BCUT2D eigenvalue weighted by Crippen LogP contribution is -2.53. The van der Waals surface area contributed by atoms with E-state index in [-0.39, 0.29) is 11.9 Å². The fourth-order valence-corrected chi connectivity index (χ4v) is 2.81. The van der Waals surface area contributed by atoms with Gasteiger partial charge in [-0.15, -0.1) is 0 Å². The van der Waals surface area contributed by atoms with Gasteiger partial charge < -0.3 is 15.0 Å². The molecule has 3 rings (SSSR count). The zero-order valence-electron chi connectivity index (χ0n) is 13.1. The normalized spacial score (nSPS) is 22.0. The van der Waals surface area contributed by atoms with Crippen LogP contribution in [0.15, 0.2) is 36.9 Å². The Bertz CT molecular complexity index is 658. The van der Waals surface area contributed by atoms with Gasteiger partial charge in [0.1, 0.15) is 5.82 Å². The van der Waals surface area contributed by atoms with Gasteiger partial charge >= 0.3 is 0 Å². The number of likely N-dealkylation sites (tertiary alicyclic amines) is 1. The molecule has 2 aromatic rings. The van der Waals surface area contributed by atoms with Crippen LogP contribution in [0.3, 0.4) is 0 Å². The molecule has 0 saturated carbocycles. The lowest BCUT2D eigenvalue weighted by molar-refractivity contribution is 0.0337. The van der Waals surface area contributed by atoms with Crippen LogP contribution in [0.4, 0.5) is 0 Å². The van der Waals surface area contributed by atoms with E-state index in [0.29, 0.717) is 25.1 Å². The van der Waals surface area contributed by atoms with Gasteiger partial charge in [-0.2, -0.15) is 0 Å². The Labute approximate surface area is 135 Å². The van der Waals surface area contributed by atoms with Crippen molar-refractivity contribution >= 4 is 5.91 Å². The molecule has 0 spiro atoms. The van der Waals surface area contributed by atoms with Gasteiger partial charge in [0.2, 0.25) is 0 Å². The number of aryl methyl sites for hydroxylation is 1. The standard InChI is InChI=1S/C16H21N5O2/c1-20-9-7-18-15(20)11-21-8-4-13(14(22)10-21)19-16(23)12-2-5-17-6-3-12/h2-3,5-7,9,13-14,22H,4,8,10-11H2,1H3,(H,19,23). The maximum absolute atomic E-state index is 12.2. The molecule has 1 aliphatic rings. The number of nitrogens with zero attached hydrogens (tertiary/aromatic N) is 4. The molecular weight excluding hydrogens is 294 g/mol. The minimum atomic E-state index is -0.588. The SMILES string of the molecule is Cn1ccnc1CN1CCC(NC(=O)c2ccncc2)C(O)C1. The van der Waals surface area contributed by atoms with Crippen LogP contribution in [0.2, 0.25) is 0 Å². The number of hydrogen-bond acceptors (Lipinski definition) is 5. The Hall–Kier alpha value is -2.25. The second-order valence-corrected chi connectivity index (χ2v) is 5.86. The monoisotopic (exact) mass is 315 g/mol. The van der Waals surface area contributed by atoms with E-state index >= 15 is 0 Å². The van der Waals surface area contributed by atoms with Crippen molar-refractivity contribution in [2.24, 2.45) is 7.05 Å². The van der Waals surface area contributed by atoms with Crippen LogP contribution in [0.25, 0.3) is 0 Å². The second-order valence-electron chi connectivity index (χ2n) is 5.86. The van der Waals surface area contributed by atoms with E-state index in [0.717, 1.165) is 12.4 Å². The summed E-state index contributed by atoms with van der Waals surface area (Å²) in [6.07, 6.45) is 6.97. The lowest BCUT2D eigenvalue weighted by atomic mass is 10.0. The Morgan fingerprint density at radius 1 is 1.39 bits per heavy atom. The number of aliphatic hydroxyl groups is 1. The highest BCUT2D eigenvalue weighted by Gasteiger charge is 2.29. The molecular formula is C16H21N5O2. The highest BCUT2D eigenvalue weighted by molar-refractivity contribution is 5.94. The molecule has 1 aliphatic heterocycles. The third kappa shape index (κ3) is 3.75. The fraction of sp³-hybridized carbons (Fsp3) is 0.438. The van der Waals surface area contributed by atoms with Gasteiger partial charge in [0.05, 0.1) is 18.7 Å². The van der Waals surface area contributed by atoms with E-state index in [9.17, 15) is 9.90 Å². The summed E-state index contributed by atoms with van der Waals surface area (Å²) < 4.78 is 1.98. The molecule has 0 radical (unpaired) electrons. The van der Waals surface area contributed by atoms with E-state index in [2.05, 4.69) is 20.2 Å². The number of aromatic nitrogens is 3. The Morgan fingerprint density at radius 3 is 2.83 bits per heavy atom. The van der Waals surface area contributed by atoms with Crippen LogP contribution in [-0.2, 0) is 13.6 Å². The van der Waals surface area contributed by atoms with E-state index in [1.165, 1.54) is 0 Å². The first-order valence-corrected chi connectivity index (χ1v) is 7.71. The Morgan fingerprint density at radius 2 is 2.17 bits per heavy atom. The average molecular weight is 315 g/mol. The third-order valence-corrected chi connectivity index (χ3v) is 4.21. The molecule has 0 bridgehead atoms. The summed E-state index contributed by atoms with van der Waals surface area (Å²) in [6, 6.07) is 3.10. The van der Waals surface area contributed by atoms with Crippen molar-refractivity contribution in [2.75, 3.05) is 13.1 Å². The van der Waals surface area contributed by atoms with Gasteiger partial charge in [-0.05, 0) is 18.6 Å². The molecule has 7 heteroatoms. The van der Waals surface area contributed by atoms with Gasteiger partial charge in [-0.3, -0.25) is 14.7 Å². The average Bonchev–Trinajstić information content (AvgIpc) is 2.96. The van der Waals surface area contributed by atoms with Crippen molar-refractivity contribution in [2.45, 2.75) is 25.1 Å². The Balaban J connectivity index is 1.54. The molecule has 23 heavy (non-hydrogen) atoms. The van der Waals surface area contributed by atoms with E-state index in [4.69, 9.17) is 0 Å². The summed E-state index contributed by atoms with van der Waals surface area (Å²) in [7, 11) is 1.96. The van der Waals surface area contributed by atoms with Crippen molar-refractivity contribution in [1.29, 1.82) is 0 Å². The number of carbonyl (C=O) groups is 1. The highest BCUT2D eigenvalue weighted by atomic mass is 16.3. The van der Waals surface area contributed by atoms with Crippen LogP contribution in [-0.4, -0.2) is 55.7 Å². The third-order valence-electron chi connectivity index (χ3n) is 4.21. The van der Waals surface area contributed by atoms with Crippen LogP contribution >= 0.6 is 0 Å². The summed E-state index contributed by atoms with van der Waals surface area (Å²) in [5, 5.41) is 13.2. The number of nitrogens with one attached hydrogen (secondary N) is 1. The molecule has 2 atom stereocenters. The summed E-state index contributed by atoms with van der Waals surface area (Å²) >= 11 is 0. The molecule has 3 heterocycles. The second kappa shape index (κ2) is 6.89. The molecule has 122 valence electrons. The van der Waals surface area contributed by atoms with Gasteiger partial charge in [0.25, 0.3) is 5.91 Å². The first kappa shape index (κ1) is 15.6. The van der Waals surface area contributed by atoms with Gasteiger partial charge in [-0.25, -0.2) is 4.98 Å². The molecule has 0 aliphatic carbocycles. The van der Waals surface area contributed by atoms with Crippen molar-refractivity contribution in [1.82, 2.24) is 24.8 Å². The van der Waals surface area contributed by atoms with Crippen LogP contribution < -0.4 is 5.32 Å². The maximum Gasteiger partial charge on any atom is 0.251 e. The van der Waals surface area contributed by atoms with Crippen LogP contribution in [0.1, 0.15) is 22.6 Å². The smallest absolute Gasteiger partial charge is 0.251 e. The quantitative estimate of drug-likeness (QED) is 0.841. The molecule has 7 nitrogen and oxygen atoms in total. The molecule has 2 N–H and O–H groups in total. The summed E-state index contributed by atoms with van der Waals surface area (Å²) in [4.78, 5) is 22.5. The number of carbonyl (C=O) groups excluding carboxylic acids is 1. The van der Waals surface area contributed by atoms with Crippen molar-refractivity contribution < 1.29 is 9.90 Å². The first-order chi connectivity index (χ1) is 11.1. The highest BCUT2D eigenvalue weighted by Crippen LogP contribution is 2.14. The minimum Gasteiger partial charge on any atom is -0.390 e. The van der Waals surface area contributed by atoms with Crippen LogP contribution in [0.5, 0.6) is 0 Å². The molecule has 1 amide bonds. The van der Waals surface area contributed by atoms with Gasteiger partial charge in [-0.1, -0.05) is 0 Å². The fourth-order valence-electron chi connectivity index (χ4n) is 2.81. The zero-order chi connectivity index (χ0) is 16.2. The number of aliphatic hydroxyl groups excluding tert-OH is 1. The number of piperidine rings is 1. The largest absolute Gasteiger partial charge is 0.390 e. The molecule has 1 fully saturated rings. The van der Waals surface area contributed by atoms with Crippen molar-refractivity contribution in [3.63, 3.8) is 0 Å². The van der Waals surface area contributed by atoms with Crippen LogP contribution in [0, 0.1) is 0 Å². The zero-order valence-corrected chi connectivity index (χ0v) is 13.1. The molecule has 2 unspecified atom stereocenters. The summed E-state index contributed by atoms with van der Waals surface area (Å²) in [5.41, 5.74) is 0.558. The number of hydrogen-bond donors (Lipinski definition) is 2. The van der Waals surface area contributed by atoms with Gasteiger partial charge in [0, 0.05) is 50.5 Å². The lowest BCUT2D eigenvalue weighted by Gasteiger charge is -2.36. The summed E-state index contributed by atoms with van der Waals surface area (Å²) in [5.74, 6) is 0.797. The Kier molecular flexibility index (Phi) is 4.68. The summed E-state index contributed by atoms with van der Waals surface area (Å²) in [6.45, 7) is 2.03. The molecule has 2 aromatic heterocycles. The first-order valence-electron chi connectivity index (χ1n) is 7.71. The topological polar surface area (TPSA) is 83.3 Å². The predicted octanol–water partition coefficient (Wildman–Crippen LogP) is 0.180. The van der Waals surface area contributed by atoms with Gasteiger partial charge in [0.15, 0.2) is 0 Å². The van der Waals surface area contributed by atoms with E-state index < -0.39 is 6.10 Å². The maximum atomic E-state index is 12.2. The minimum absolute atomic E-state index is 0.172. The van der Waals surface area contributed by atoms with E-state index in [1.807, 2.05) is 17.8 Å². The molecule has 0 aromatic carbocycles.